The Morgan fingerprint density at radius 1 is 1.10 bits per heavy atom. The number of nitrogens with zero attached hydrogens (tertiary/aromatic N) is 4. The van der Waals surface area contributed by atoms with E-state index < -0.39 is 0 Å². The number of hydrogen-bond donors (Lipinski definition) is 1. The van der Waals surface area contributed by atoms with E-state index in [0.29, 0.717) is 0 Å². The Balaban J connectivity index is 1.90. The Kier molecular flexibility index (Phi) is 5.73. The van der Waals surface area contributed by atoms with E-state index >= 15 is 0 Å². The molecule has 5 heteroatoms. The molecule has 1 aromatic rings. The van der Waals surface area contributed by atoms with Gasteiger partial charge in [0.05, 0.1) is 6.54 Å². The van der Waals surface area contributed by atoms with Gasteiger partial charge in [0.25, 0.3) is 0 Å². The van der Waals surface area contributed by atoms with Crippen LogP contribution in [0.3, 0.4) is 0 Å². The van der Waals surface area contributed by atoms with Crippen molar-refractivity contribution in [3.8, 4) is 0 Å². The minimum absolute atomic E-state index is 0.861. The maximum absolute atomic E-state index is 4.60. The predicted molar refractivity (Wildman–Crippen MR) is 82.9 cm³/mol. The first-order chi connectivity index (χ1) is 9.71. The lowest BCUT2D eigenvalue weighted by atomic mass is 10.3. The largest absolute Gasteiger partial charge is 0.370 e. The quantitative estimate of drug-likeness (QED) is 0.858. The molecule has 1 aromatic heterocycles. The SMILES string of the molecule is CCCN1CCN(Cc2nc(C)cc(NCC)n2)CC1. The fraction of sp³-hybridized carbons (Fsp3) is 0.733. The molecule has 0 unspecified atom stereocenters. The monoisotopic (exact) mass is 277 g/mol. The van der Waals surface area contributed by atoms with Gasteiger partial charge in [0, 0.05) is 44.5 Å². The molecular formula is C15H27N5. The summed E-state index contributed by atoms with van der Waals surface area (Å²) >= 11 is 0. The summed E-state index contributed by atoms with van der Waals surface area (Å²) in [6.45, 7) is 13.9. The van der Waals surface area contributed by atoms with Gasteiger partial charge in [-0.25, -0.2) is 9.97 Å². The first kappa shape index (κ1) is 15.2. The van der Waals surface area contributed by atoms with Crippen LogP contribution in [0.25, 0.3) is 0 Å². The Labute approximate surface area is 122 Å². The summed E-state index contributed by atoms with van der Waals surface area (Å²) in [5, 5.41) is 3.27. The van der Waals surface area contributed by atoms with Crippen LogP contribution in [-0.4, -0.2) is 59.0 Å². The van der Waals surface area contributed by atoms with E-state index in [0.717, 1.165) is 43.5 Å². The third-order valence-corrected chi connectivity index (χ3v) is 3.63. The van der Waals surface area contributed by atoms with Gasteiger partial charge in [-0.05, 0) is 26.8 Å². The second-order valence-electron chi connectivity index (χ2n) is 5.46. The second kappa shape index (κ2) is 7.55. The minimum atomic E-state index is 0.861. The highest BCUT2D eigenvalue weighted by atomic mass is 15.3. The Bertz CT molecular complexity index is 413. The van der Waals surface area contributed by atoms with Crippen molar-refractivity contribution in [2.75, 3.05) is 44.6 Å². The number of nitrogens with one attached hydrogen (secondary N) is 1. The van der Waals surface area contributed by atoms with Crippen molar-refractivity contribution in [2.24, 2.45) is 0 Å². The van der Waals surface area contributed by atoms with Gasteiger partial charge in [-0.3, -0.25) is 4.90 Å². The van der Waals surface area contributed by atoms with Crippen LogP contribution in [0.2, 0.25) is 0 Å². The minimum Gasteiger partial charge on any atom is -0.370 e. The fourth-order valence-corrected chi connectivity index (χ4v) is 2.66. The van der Waals surface area contributed by atoms with E-state index in [1.54, 1.807) is 0 Å². The standard InChI is InChI=1S/C15H27N5/c1-4-6-19-7-9-20(10-8-19)12-15-17-13(3)11-14(18-15)16-5-2/h11H,4-10,12H2,1-3H3,(H,16,17,18). The predicted octanol–water partition coefficient (Wildman–Crippen LogP) is 1.74. The number of aromatic nitrogens is 2. The van der Waals surface area contributed by atoms with E-state index in [9.17, 15) is 0 Å². The van der Waals surface area contributed by atoms with E-state index in [-0.39, 0.29) is 0 Å². The zero-order chi connectivity index (χ0) is 14.4. The lowest BCUT2D eigenvalue weighted by Crippen LogP contribution is -2.46. The molecule has 0 aromatic carbocycles. The van der Waals surface area contributed by atoms with Gasteiger partial charge in [-0.15, -0.1) is 0 Å². The van der Waals surface area contributed by atoms with Crippen molar-refractivity contribution in [3.63, 3.8) is 0 Å². The van der Waals surface area contributed by atoms with Gasteiger partial charge in [0.15, 0.2) is 0 Å². The topological polar surface area (TPSA) is 44.3 Å². The molecule has 0 aliphatic carbocycles. The molecule has 1 aliphatic rings. The fourth-order valence-electron chi connectivity index (χ4n) is 2.66. The van der Waals surface area contributed by atoms with E-state index in [1.165, 1.54) is 26.1 Å². The van der Waals surface area contributed by atoms with Crippen LogP contribution in [0.15, 0.2) is 6.07 Å². The summed E-state index contributed by atoms with van der Waals surface area (Å²) in [6.07, 6.45) is 1.24. The highest BCUT2D eigenvalue weighted by molar-refractivity contribution is 5.35. The van der Waals surface area contributed by atoms with Crippen LogP contribution in [0.5, 0.6) is 0 Å². The molecule has 1 fully saturated rings. The maximum Gasteiger partial charge on any atom is 0.144 e. The van der Waals surface area contributed by atoms with Crippen molar-refractivity contribution in [2.45, 2.75) is 33.7 Å². The van der Waals surface area contributed by atoms with Gasteiger partial charge in [-0.2, -0.15) is 0 Å². The van der Waals surface area contributed by atoms with Gasteiger partial charge in [0.1, 0.15) is 11.6 Å². The summed E-state index contributed by atoms with van der Waals surface area (Å²) in [5.74, 6) is 1.88. The van der Waals surface area contributed by atoms with Crippen LogP contribution < -0.4 is 5.32 Å². The smallest absolute Gasteiger partial charge is 0.144 e. The van der Waals surface area contributed by atoms with Gasteiger partial charge < -0.3 is 10.2 Å². The second-order valence-corrected chi connectivity index (χ2v) is 5.46. The molecule has 0 amide bonds. The van der Waals surface area contributed by atoms with Crippen LogP contribution >= 0.6 is 0 Å². The van der Waals surface area contributed by atoms with E-state index in [1.807, 2.05) is 13.0 Å². The molecule has 1 N–H and O–H groups in total. The molecule has 0 radical (unpaired) electrons. The summed E-state index contributed by atoms with van der Waals surface area (Å²) in [6, 6.07) is 2.01. The van der Waals surface area contributed by atoms with Crippen LogP contribution in [0.4, 0.5) is 5.82 Å². The molecule has 1 saturated heterocycles. The van der Waals surface area contributed by atoms with E-state index in [4.69, 9.17) is 0 Å². The zero-order valence-electron chi connectivity index (χ0n) is 13.0. The molecule has 1 aliphatic heterocycles. The molecule has 20 heavy (non-hydrogen) atoms. The van der Waals surface area contributed by atoms with Gasteiger partial charge in [0.2, 0.25) is 0 Å². The van der Waals surface area contributed by atoms with Gasteiger partial charge >= 0.3 is 0 Å². The number of rotatable bonds is 6. The highest BCUT2D eigenvalue weighted by Crippen LogP contribution is 2.10. The third-order valence-electron chi connectivity index (χ3n) is 3.63. The van der Waals surface area contributed by atoms with Crippen molar-refractivity contribution < 1.29 is 0 Å². The first-order valence-corrected chi connectivity index (χ1v) is 7.74. The van der Waals surface area contributed by atoms with Gasteiger partial charge in [-0.1, -0.05) is 6.92 Å². The summed E-state index contributed by atoms with van der Waals surface area (Å²) in [4.78, 5) is 14.1. The molecule has 2 rings (SSSR count). The normalized spacial score (nSPS) is 17.4. The summed E-state index contributed by atoms with van der Waals surface area (Å²) in [7, 11) is 0. The Hall–Kier alpha value is -1.20. The molecule has 5 nitrogen and oxygen atoms in total. The van der Waals surface area contributed by atoms with Crippen molar-refractivity contribution in [3.05, 3.63) is 17.6 Å². The Morgan fingerprint density at radius 2 is 1.80 bits per heavy atom. The molecular weight excluding hydrogens is 250 g/mol. The van der Waals surface area contributed by atoms with Crippen LogP contribution in [0.1, 0.15) is 31.8 Å². The maximum atomic E-state index is 4.60. The van der Waals surface area contributed by atoms with Crippen molar-refractivity contribution in [1.82, 2.24) is 19.8 Å². The van der Waals surface area contributed by atoms with Crippen molar-refractivity contribution >= 4 is 5.82 Å². The average Bonchev–Trinajstić information content (AvgIpc) is 2.41. The highest BCUT2D eigenvalue weighted by Gasteiger charge is 2.17. The number of aryl methyl sites for hydroxylation is 1. The summed E-state index contributed by atoms with van der Waals surface area (Å²) < 4.78 is 0. The number of piperazine rings is 1. The van der Waals surface area contributed by atoms with E-state index in [2.05, 4.69) is 38.9 Å². The third kappa shape index (κ3) is 4.42. The number of anilines is 1. The molecule has 0 atom stereocenters. The van der Waals surface area contributed by atoms with Crippen LogP contribution in [0, 0.1) is 6.92 Å². The van der Waals surface area contributed by atoms with Crippen molar-refractivity contribution in [1.29, 1.82) is 0 Å². The summed E-state index contributed by atoms with van der Waals surface area (Å²) in [5.41, 5.74) is 1.04. The average molecular weight is 277 g/mol. The first-order valence-electron chi connectivity index (χ1n) is 7.74. The molecule has 2 heterocycles. The lowest BCUT2D eigenvalue weighted by molar-refractivity contribution is 0.125. The molecule has 112 valence electrons. The van der Waals surface area contributed by atoms with Crippen LogP contribution in [-0.2, 0) is 6.54 Å². The molecule has 0 saturated carbocycles. The lowest BCUT2D eigenvalue weighted by Gasteiger charge is -2.34. The Morgan fingerprint density at radius 3 is 2.45 bits per heavy atom. The number of hydrogen-bond acceptors (Lipinski definition) is 5. The molecule has 0 spiro atoms. The molecule has 0 bridgehead atoms. The zero-order valence-corrected chi connectivity index (χ0v) is 13.0.